The third-order valence-corrected chi connectivity index (χ3v) is 2.15. The van der Waals surface area contributed by atoms with Gasteiger partial charge < -0.3 is 15.0 Å². The van der Waals surface area contributed by atoms with Crippen LogP contribution in [-0.2, 0) is 0 Å². The van der Waals surface area contributed by atoms with Gasteiger partial charge in [0.25, 0.3) is 0 Å². The molecule has 8 nitrogen and oxygen atoms in total. The summed E-state index contributed by atoms with van der Waals surface area (Å²) in [6, 6.07) is 0.257. The van der Waals surface area contributed by atoms with Crippen molar-refractivity contribution in [1.29, 1.82) is 0 Å². The topological polar surface area (TPSA) is 101 Å². The molecule has 0 aliphatic heterocycles. The van der Waals surface area contributed by atoms with Crippen LogP contribution in [0.15, 0.2) is 0 Å². The molecule has 0 fully saturated rings. The summed E-state index contributed by atoms with van der Waals surface area (Å²) in [5.41, 5.74) is 2.40. The number of nitrogens with one attached hydrogen (secondary N) is 2. The van der Waals surface area contributed by atoms with Crippen LogP contribution in [0, 0.1) is 0 Å². The molecular formula is C11H23N7O. The molecule has 0 bridgehead atoms. The number of hydrazine groups is 1. The van der Waals surface area contributed by atoms with Gasteiger partial charge >= 0.3 is 6.01 Å². The maximum absolute atomic E-state index is 5.44. The zero-order chi connectivity index (χ0) is 14.3. The van der Waals surface area contributed by atoms with Gasteiger partial charge in [0, 0.05) is 6.54 Å². The van der Waals surface area contributed by atoms with E-state index < -0.39 is 0 Å². The summed E-state index contributed by atoms with van der Waals surface area (Å²) >= 11 is 0. The molecule has 0 unspecified atom stereocenters. The number of hydrogen-bond donors (Lipinski definition) is 3. The summed E-state index contributed by atoms with van der Waals surface area (Å²) in [7, 11) is 4.07. The second-order valence-corrected chi connectivity index (χ2v) is 4.66. The van der Waals surface area contributed by atoms with Crippen molar-refractivity contribution >= 4 is 11.9 Å². The summed E-state index contributed by atoms with van der Waals surface area (Å²) < 4.78 is 5.44. The van der Waals surface area contributed by atoms with Crippen LogP contribution in [0.1, 0.15) is 20.3 Å². The highest BCUT2D eigenvalue weighted by Gasteiger charge is 2.08. The third-order valence-electron chi connectivity index (χ3n) is 2.15. The van der Waals surface area contributed by atoms with Crippen molar-refractivity contribution in [2.45, 2.75) is 26.4 Å². The van der Waals surface area contributed by atoms with Crippen LogP contribution in [0.5, 0.6) is 6.01 Å². The van der Waals surface area contributed by atoms with Gasteiger partial charge in [0.2, 0.25) is 11.9 Å². The number of rotatable bonds is 8. The van der Waals surface area contributed by atoms with E-state index in [2.05, 4.69) is 30.6 Å². The lowest BCUT2D eigenvalue weighted by atomic mass is 10.4. The highest BCUT2D eigenvalue weighted by Crippen LogP contribution is 2.11. The van der Waals surface area contributed by atoms with Crippen LogP contribution in [0.4, 0.5) is 11.9 Å². The van der Waals surface area contributed by atoms with Gasteiger partial charge in [0.15, 0.2) is 0 Å². The number of hydrogen-bond acceptors (Lipinski definition) is 8. The predicted octanol–water partition coefficient (Wildman–Crippen LogP) is 0.308. The van der Waals surface area contributed by atoms with Crippen molar-refractivity contribution in [2.24, 2.45) is 5.84 Å². The summed E-state index contributed by atoms with van der Waals surface area (Å²) in [4.78, 5) is 14.4. The lowest BCUT2D eigenvalue weighted by Crippen LogP contribution is -2.19. The first kappa shape index (κ1) is 15.4. The van der Waals surface area contributed by atoms with E-state index in [-0.39, 0.29) is 18.1 Å². The van der Waals surface area contributed by atoms with Gasteiger partial charge in [-0.05, 0) is 40.9 Å². The first-order chi connectivity index (χ1) is 9.01. The number of nitrogens with zero attached hydrogens (tertiary/aromatic N) is 4. The largest absolute Gasteiger partial charge is 0.461 e. The molecule has 1 aromatic heterocycles. The van der Waals surface area contributed by atoms with Crippen LogP contribution in [-0.4, -0.2) is 53.1 Å². The number of aromatic nitrogens is 3. The molecule has 108 valence electrons. The van der Waals surface area contributed by atoms with Crippen LogP contribution in [0.25, 0.3) is 0 Å². The van der Waals surface area contributed by atoms with E-state index in [1.54, 1.807) is 0 Å². The minimum atomic E-state index is -0.00499. The zero-order valence-corrected chi connectivity index (χ0v) is 12.0. The van der Waals surface area contributed by atoms with Crippen LogP contribution in [0.3, 0.4) is 0 Å². The fourth-order valence-corrected chi connectivity index (χ4v) is 1.36. The Morgan fingerprint density at radius 2 is 1.89 bits per heavy atom. The quantitative estimate of drug-likeness (QED) is 0.352. The molecule has 0 spiro atoms. The van der Waals surface area contributed by atoms with Crippen molar-refractivity contribution in [2.75, 3.05) is 37.9 Å². The Morgan fingerprint density at radius 1 is 1.21 bits per heavy atom. The Kier molecular flexibility index (Phi) is 6.23. The average Bonchev–Trinajstić information content (AvgIpc) is 2.33. The SMILES string of the molecule is CC(C)Oc1nc(NN)nc(NCCCN(C)C)n1. The van der Waals surface area contributed by atoms with Gasteiger partial charge in [-0.3, -0.25) is 5.43 Å². The molecule has 0 atom stereocenters. The van der Waals surface area contributed by atoms with E-state index in [0.29, 0.717) is 5.95 Å². The minimum absolute atomic E-state index is 0.00499. The van der Waals surface area contributed by atoms with Gasteiger partial charge in [0.1, 0.15) is 0 Å². The van der Waals surface area contributed by atoms with E-state index in [9.17, 15) is 0 Å². The number of nitrogen functional groups attached to an aromatic ring is 1. The highest BCUT2D eigenvalue weighted by molar-refractivity contribution is 5.34. The lowest BCUT2D eigenvalue weighted by molar-refractivity contribution is 0.222. The standard InChI is InChI=1S/C11H23N7O/c1-8(2)19-11-15-9(14-10(16-11)17-12)13-6-5-7-18(3)4/h8H,5-7,12H2,1-4H3,(H2,13,14,15,16,17). The zero-order valence-electron chi connectivity index (χ0n) is 12.0. The molecule has 0 aliphatic carbocycles. The second kappa shape index (κ2) is 7.70. The lowest BCUT2D eigenvalue weighted by Gasteiger charge is -2.12. The third kappa shape index (κ3) is 6.16. The minimum Gasteiger partial charge on any atom is -0.461 e. The Hall–Kier alpha value is -1.67. The van der Waals surface area contributed by atoms with Gasteiger partial charge in [0.05, 0.1) is 6.10 Å². The van der Waals surface area contributed by atoms with Gasteiger partial charge in [-0.1, -0.05) is 0 Å². The maximum atomic E-state index is 5.44. The Balaban J connectivity index is 2.60. The molecule has 0 saturated carbocycles. The smallest absolute Gasteiger partial charge is 0.323 e. The highest BCUT2D eigenvalue weighted by atomic mass is 16.5. The van der Waals surface area contributed by atoms with Gasteiger partial charge in [-0.25, -0.2) is 5.84 Å². The van der Waals surface area contributed by atoms with Crippen LogP contribution >= 0.6 is 0 Å². The molecule has 1 rings (SSSR count). The predicted molar refractivity (Wildman–Crippen MR) is 75.1 cm³/mol. The van der Waals surface area contributed by atoms with Crippen molar-refractivity contribution in [3.63, 3.8) is 0 Å². The van der Waals surface area contributed by atoms with Crippen molar-refractivity contribution in [3.8, 4) is 6.01 Å². The summed E-state index contributed by atoms with van der Waals surface area (Å²) in [5.74, 6) is 6.05. The Morgan fingerprint density at radius 3 is 2.47 bits per heavy atom. The van der Waals surface area contributed by atoms with Gasteiger partial charge in [-0.2, -0.15) is 15.0 Å². The Bertz CT molecular complexity index is 383. The van der Waals surface area contributed by atoms with E-state index in [0.717, 1.165) is 19.5 Å². The summed E-state index contributed by atoms with van der Waals surface area (Å²) in [6.45, 7) is 5.58. The molecule has 19 heavy (non-hydrogen) atoms. The maximum Gasteiger partial charge on any atom is 0.323 e. The summed E-state index contributed by atoms with van der Waals surface area (Å²) in [6.07, 6.45) is 0.986. The Labute approximate surface area is 113 Å². The first-order valence-corrected chi connectivity index (χ1v) is 6.29. The summed E-state index contributed by atoms with van der Waals surface area (Å²) in [5, 5.41) is 3.12. The molecule has 0 aliphatic rings. The molecule has 0 aromatic carbocycles. The van der Waals surface area contributed by atoms with E-state index >= 15 is 0 Å². The van der Waals surface area contributed by atoms with Crippen molar-refractivity contribution < 1.29 is 4.74 Å². The van der Waals surface area contributed by atoms with Crippen molar-refractivity contribution in [3.05, 3.63) is 0 Å². The fourth-order valence-electron chi connectivity index (χ4n) is 1.36. The molecule has 0 amide bonds. The number of ether oxygens (including phenoxy) is 1. The molecule has 4 N–H and O–H groups in total. The van der Waals surface area contributed by atoms with Gasteiger partial charge in [-0.15, -0.1) is 0 Å². The van der Waals surface area contributed by atoms with E-state index in [4.69, 9.17) is 10.6 Å². The van der Waals surface area contributed by atoms with E-state index in [1.807, 2.05) is 27.9 Å². The fraction of sp³-hybridized carbons (Fsp3) is 0.727. The number of anilines is 2. The second-order valence-electron chi connectivity index (χ2n) is 4.66. The average molecular weight is 269 g/mol. The molecule has 0 saturated heterocycles. The normalized spacial score (nSPS) is 10.9. The van der Waals surface area contributed by atoms with E-state index in [1.165, 1.54) is 0 Å². The first-order valence-electron chi connectivity index (χ1n) is 6.29. The molecule has 1 heterocycles. The van der Waals surface area contributed by atoms with Crippen LogP contribution < -0.4 is 21.3 Å². The number of nitrogens with two attached hydrogens (primary N) is 1. The molecule has 1 aromatic rings. The van der Waals surface area contributed by atoms with Crippen molar-refractivity contribution in [1.82, 2.24) is 19.9 Å². The molecule has 8 heteroatoms. The van der Waals surface area contributed by atoms with Crippen LogP contribution in [0.2, 0.25) is 0 Å². The molecule has 0 radical (unpaired) electrons. The molecular weight excluding hydrogens is 246 g/mol. The monoisotopic (exact) mass is 269 g/mol.